The highest BCUT2D eigenvalue weighted by atomic mass is 79.9. The molecule has 1 N–H and O–H groups in total. The Hall–Kier alpha value is -1.50. The number of hydrogen-bond acceptors (Lipinski definition) is 4. The van der Waals surface area contributed by atoms with Crippen molar-refractivity contribution in [2.24, 2.45) is 0 Å². The molecule has 0 aliphatic carbocycles. The van der Waals surface area contributed by atoms with Gasteiger partial charge in [0.05, 0.1) is 0 Å². The molecule has 4 nitrogen and oxygen atoms in total. The van der Waals surface area contributed by atoms with E-state index in [2.05, 4.69) is 68.4 Å². The summed E-state index contributed by atoms with van der Waals surface area (Å²) in [6.07, 6.45) is 0.525. The van der Waals surface area contributed by atoms with Crippen molar-refractivity contribution in [1.82, 2.24) is 10.2 Å². The number of thioether (sulfide) groups is 1. The molecule has 1 amide bonds. The topological polar surface area (TPSA) is 35.6 Å². The maximum absolute atomic E-state index is 12.2. The van der Waals surface area contributed by atoms with Gasteiger partial charge in [-0.05, 0) is 42.9 Å². The Bertz CT molecular complexity index is 745. The first-order valence-electron chi connectivity index (χ1n) is 9.28. The maximum atomic E-state index is 12.2. The molecule has 0 unspecified atom stereocenters. The number of anilines is 1. The average Bonchev–Trinajstić information content (AvgIpc) is 2.69. The average molecular weight is 448 g/mol. The number of para-hydroxylation sites is 1. The quantitative estimate of drug-likeness (QED) is 0.650. The van der Waals surface area contributed by atoms with Gasteiger partial charge in [0.15, 0.2) is 0 Å². The number of benzene rings is 2. The third-order valence-electron chi connectivity index (χ3n) is 4.72. The lowest BCUT2D eigenvalue weighted by Gasteiger charge is -2.35. The van der Waals surface area contributed by atoms with E-state index >= 15 is 0 Å². The van der Waals surface area contributed by atoms with Gasteiger partial charge in [-0.25, -0.2) is 0 Å². The van der Waals surface area contributed by atoms with Crippen molar-refractivity contribution in [3.8, 4) is 0 Å². The predicted molar refractivity (Wildman–Crippen MR) is 117 cm³/mol. The smallest absolute Gasteiger partial charge is 0.221 e. The zero-order valence-corrected chi connectivity index (χ0v) is 18.1. The molecule has 1 aliphatic heterocycles. The van der Waals surface area contributed by atoms with Gasteiger partial charge in [-0.15, -0.1) is 11.8 Å². The van der Waals surface area contributed by atoms with Crippen LogP contribution in [0.25, 0.3) is 0 Å². The Morgan fingerprint density at radius 3 is 2.52 bits per heavy atom. The van der Waals surface area contributed by atoms with E-state index in [0.717, 1.165) is 36.4 Å². The van der Waals surface area contributed by atoms with Crippen LogP contribution in [0.1, 0.15) is 12.0 Å². The van der Waals surface area contributed by atoms with Gasteiger partial charge in [0.2, 0.25) is 5.91 Å². The number of nitrogens with one attached hydrogen (secondary N) is 1. The molecule has 1 aliphatic rings. The van der Waals surface area contributed by atoms with Gasteiger partial charge in [-0.2, -0.15) is 0 Å². The van der Waals surface area contributed by atoms with Gasteiger partial charge in [-0.1, -0.05) is 34.1 Å². The van der Waals surface area contributed by atoms with Gasteiger partial charge in [0.25, 0.3) is 0 Å². The number of piperazine rings is 1. The Balaban J connectivity index is 1.46. The first kappa shape index (κ1) is 20.2. The number of rotatable bonds is 7. The van der Waals surface area contributed by atoms with E-state index in [0.29, 0.717) is 13.0 Å². The Labute approximate surface area is 174 Å². The van der Waals surface area contributed by atoms with Crippen LogP contribution in [0.5, 0.6) is 0 Å². The fraction of sp³-hybridized carbons (Fsp3) is 0.381. The molecule has 3 rings (SSSR count). The SMILES string of the molecule is CN1CCN(c2ccccc2CNC(=O)CCSc2ccc(Br)cc2)CC1. The normalized spacial score (nSPS) is 15.0. The number of carbonyl (C=O) groups excluding carboxylic acids is 1. The molecule has 2 aromatic rings. The van der Waals surface area contributed by atoms with Crippen LogP contribution in [0.2, 0.25) is 0 Å². The van der Waals surface area contributed by atoms with Crippen LogP contribution in [0.3, 0.4) is 0 Å². The number of hydrogen-bond donors (Lipinski definition) is 1. The first-order valence-corrected chi connectivity index (χ1v) is 11.1. The largest absolute Gasteiger partial charge is 0.369 e. The van der Waals surface area contributed by atoms with Crippen molar-refractivity contribution >= 4 is 39.3 Å². The summed E-state index contributed by atoms with van der Waals surface area (Å²) in [6.45, 7) is 4.81. The Kier molecular flexibility index (Phi) is 7.61. The number of carbonyl (C=O) groups is 1. The minimum absolute atomic E-state index is 0.104. The van der Waals surface area contributed by atoms with Crippen LogP contribution in [0.15, 0.2) is 57.9 Å². The highest BCUT2D eigenvalue weighted by molar-refractivity contribution is 9.10. The fourth-order valence-corrected chi connectivity index (χ4v) is 4.21. The Morgan fingerprint density at radius 1 is 1.07 bits per heavy atom. The summed E-state index contributed by atoms with van der Waals surface area (Å²) in [7, 11) is 2.16. The molecular weight excluding hydrogens is 422 g/mol. The van der Waals surface area contributed by atoms with Gasteiger partial charge in [0, 0.05) is 60.0 Å². The number of amides is 1. The van der Waals surface area contributed by atoms with Crippen LogP contribution >= 0.6 is 27.7 Å². The van der Waals surface area contributed by atoms with Crippen molar-refractivity contribution in [3.05, 3.63) is 58.6 Å². The molecule has 0 atom stereocenters. The molecule has 27 heavy (non-hydrogen) atoms. The summed E-state index contributed by atoms with van der Waals surface area (Å²) < 4.78 is 1.07. The van der Waals surface area contributed by atoms with E-state index in [1.807, 2.05) is 18.2 Å². The summed E-state index contributed by atoms with van der Waals surface area (Å²) >= 11 is 5.15. The first-order chi connectivity index (χ1) is 13.1. The lowest BCUT2D eigenvalue weighted by molar-refractivity contribution is -0.120. The second-order valence-corrected chi connectivity index (χ2v) is 8.83. The second-order valence-electron chi connectivity index (χ2n) is 6.75. The molecule has 0 saturated carbocycles. The Morgan fingerprint density at radius 2 is 1.78 bits per heavy atom. The van der Waals surface area contributed by atoms with Crippen molar-refractivity contribution in [1.29, 1.82) is 0 Å². The molecule has 1 saturated heterocycles. The zero-order valence-electron chi connectivity index (χ0n) is 15.7. The van der Waals surface area contributed by atoms with Gasteiger partial charge < -0.3 is 15.1 Å². The van der Waals surface area contributed by atoms with Crippen molar-refractivity contribution in [2.75, 3.05) is 43.9 Å². The van der Waals surface area contributed by atoms with Crippen molar-refractivity contribution in [3.63, 3.8) is 0 Å². The summed E-state index contributed by atoms with van der Waals surface area (Å²) in [5.41, 5.74) is 2.44. The monoisotopic (exact) mass is 447 g/mol. The molecule has 0 radical (unpaired) electrons. The van der Waals surface area contributed by atoms with E-state index in [9.17, 15) is 4.79 Å². The van der Waals surface area contributed by atoms with Crippen LogP contribution in [0, 0.1) is 0 Å². The number of likely N-dealkylation sites (N-methyl/N-ethyl adjacent to an activating group) is 1. The summed E-state index contributed by atoms with van der Waals surface area (Å²) in [4.78, 5) is 18.2. The van der Waals surface area contributed by atoms with Crippen LogP contribution < -0.4 is 10.2 Å². The molecule has 2 aromatic carbocycles. The zero-order chi connectivity index (χ0) is 19.1. The molecular formula is C21H26BrN3OS. The minimum atomic E-state index is 0.104. The van der Waals surface area contributed by atoms with Gasteiger partial charge in [0.1, 0.15) is 0 Å². The van der Waals surface area contributed by atoms with Gasteiger partial charge >= 0.3 is 0 Å². The van der Waals surface area contributed by atoms with Crippen molar-refractivity contribution < 1.29 is 4.79 Å². The third-order valence-corrected chi connectivity index (χ3v) is 6.27. The van der Waals surface area contributed by atoms with E-state index in [1.165, 1.54) is 16.1 Å². The highest BCUT2D eigenvalue weighted by Gasteiger charge is 2.16. The predicted octanol–water partition coefficient (Wildman–Crippen LogP) is 4.00. The maximum Gasteiger partial charge on any atom is 0.221 e. The van der Waals surface area contributed by atoms with Crippen molar-refractivity contribution in [2.45, 2.75) is 17.9 Å². The standard InChI is InChI=1S/C21H26BrN3OS/c1-24-11-13-25(14-12-24)20-5-3-2-4-17(20)16-23-21(26)10-15-27-19-8-6-18(22)7-9-19/h2-9H,10-16H2,1H3,(H,23,26). The lowest BCUT2D eigenvalue weighted by atomic mass is 10.1. The molecule has 0 aromatic heterocycles. The lowest BCUT2D eigenvalue weighted by Crippen LogP contribution is -2.45. The summed E-state index contributed by atoms with van der Waals surface area (Å²) in [6, 6.07) is 16.6. The summed E-state index contributed by atoms with van der Waals surface area (Å²) in [5.74, 6) is 0.890. The van der Waals surface area contributed by atoms with Crippen LogP contribution in [0.4, 0.5) is 5.69 Å². The van der Waals surface area contributed by atoms with Crippen LogP contribution in [-0.4, -0.2) is 49.8 Å². The molecule has 1 fully saturated rings. The van der Waals surface area contributed by atoms with E-state index in [4.69, 9.17) is 0 Å². The number of halogens is 1. The number of nitrogens with zero attached hydrogens (tertiary/aromatic N) is 2. The van der Waals surface area contributed by atoms with Gasteiger partial charge in [-0.3, -0.25) is 4.79 Å². The van der Waals surface area contributed by atoms with E-state index in [-0.39, 0.29) is 5.91 Å². The summed E-state index contributed by atoms with van der Waals surface area (Å²) in [5, 5.41) is 3.09. The third kappa shape index (κ3) is 6.26. The molecule has 1 heterocycles. The fourth-order valence-electron chi connectivity index (χ4n) is 3.09. The molecule has 0 spiro atoms. The minimum Gasteiger partial charge on any atom is -0.369 e. The van der Waals surface area contributed by atoms with E-state index in [1.54, 1.807) is 11.8 Å². The van der Waals surface area contributed by atoms with Crippen LogP contribution in [-0.2, 0) is 11.3 Å². The molecule has 144 valence electrons. The molecule has 0 bridgehead atoms. The van der Waals surface area contributed by atoms with E-state index < -0.39 is 0 Å². The molecule has 6 heteroatoms. The highest BCUT2D eigenvalue weighted by Crippen LogP contribution is 2.23. The second kappa shape index (κ2) is 10.2.